The van der Waals surface area contributed by atoms with Crippen LogP contribution in [0, 0.1) is 11.2 Å². The van der Waals surface area contributed by atoms with Gasteiger partial charge in [-0.2, -0.15) is 18.2 Å². The molecule has 5 rings (SSSR count). The number of nitrogens with one attached hydrogen (secondary N) is 2. The number of halogens is 4. The lowest BCUT2D eigenvalue weighted by molar-refractivity contribution is -0.137. The first-order chi connectivity index (χ1) is 19.6. The van der Waals surface area contributed by atoms with Crippen molar-refractivity contribution >= 4 is 34.9 Å². The number of amidine groups is 1. The number of anilines is 2. The van der Waals surface area contributed by atoms with Crippen molar-refractivity contribution in [2.75, 3.05) is 36.5 Å². The number of fused-ring (bicyclic) bond motifs is 1. The number of carbonyl (C=O) groups excluding carboxylic acids is 1. The quantitative estimate of drug-likeness (QED) is 0.250. The molecule has 2 aliphatic rings. The molecule has 0 bridgehead atoms. The number of morpholine rings is 1. The number of ether oxygens (including phenoxy) is 2. The summed E-state index contributed by atoms with van der Waals surface area (Å²) in [6.07, 6.45) is -5.61. The first kappa shape index (κ1) is 27.7. The Morgan fingerprint density at radius 1 is 1.15 bits per heavy atom. The van der Waals surface area contributed by atoms with Crippen molar-refractivity contribution in [3.05, 3.63) is 89.0 Å². The van der Waals surface area contributed by atoms with Crippen LogP contribution < -0.4 is 16.0 Å². The number of amides is 1. The number of hydrogen-bond donors (Lipinski definition) is 3. The van der Waals surface area contributed by atoms with Crippen LogP contribution in [0.25, 0.3) is 0 Å². The van der Waals surface area contributed by atoms with E-state index in [1.165, 1.54) is 12.1 Å². The Morgan fingerprint density at radius 3 is 2.59 bits per heavy atom. The van der Waals surface area contributed by atoms with Crippen LogP contribution in [0.5, 0.6) is 0 Å². The van der Waals surface area contributed by atoms with Crippen LogP contribution in [0.1, 0.15) is 22.4 Å². The summed E-state index contributed by atoms with van der Waals surface area (Å²) in [7, 11) is 0. The van der Waals surface area contributed by atoms with Crippen molar-refractivity contribution in [2.45, 2.75) is 12.3 Å². The fourth-order valence-electron chi connectivity index (χ4n) is 4.33. The minimum atomic E-state index is -4.66. The van der Waals surface area contributed by atoms with Gasteiger partial charge in [-0.25, -0.2) is 14.4 Å². The maximum Gasteiger partial charge on any atom is 0.417 e. The SMILES string of the molecule is N=C(O/C(N)=N/C1N=C(c2ccccc2)c2cccc(F)c2NC1=O)c1ncc(C(F)(F)F)cc1N1CCOCC1. The number of nitrogens with two attached hydrogens (primary N) is 1. The Kier molecular flexibility index (Phi) is 7.66. The van der Waals surface area contributed by atoms with Gasteiger partial charge in [0.25, 0.3) is 11.9 Å². The Morgan fingerprint density at radius 2 is 1.88 bits per heavy atom. The van der Waals surface area contributed by atoms with Crippen molar-refractivity contribution in [1.29, 1.82) is 5.41 Å². The number of aliphatic imine (C=N–C) groups is 2. The predicted octanol–water partition coefficient (Wildman–Crippen LogP) is 3.55. The molecule has 0 aliphatic carbocycles. The van der Waals surface area contributed by atoms with Gasteiger partial charge in [-0.05, 0) is 12.1 Å². The van der Waals surface area contributed by atoms with Crippen LogP contribution in [-0.4, -0.2) is 61.0 Å². The highest BCUT2D eigenvalue weighted by Crippen LogP contribution is 2.33. The van der Waals surface area contributed by atoms with Gasteiger partial charge in [-0.15, -0.1) is 0 Å². The highest BCUT2D eigenvalue weighted by molar-refractivity contribution is 6.19. The molecule has 1 atom stereocenters. The normalized spacial score (nSPS) is 17.7. The van der Waals surface area contributed by atoms with Gasteiger partial charge in [-0.1, -0.05) is 42.5 Å². The molecule has 1 saturated heterocycles. The lowest BCUT2D eigenvalue weighted by atomic mass is 10.0. The van der Waals surface area contributed by atoms with Crippen molar-refractivity contribution < 1.29 is 31.8 Å². The number of rotatable bonds is 4. The molecule has 1 unspecified atom stereocenters. The number of alkyl halides is 3. The summed E-state index contributed by atoms with van der Waals surface area (Å²) in [6.45, 7) is 1.08. The number of benzodiazepines with no additional fused rings is 1. The van der Waals surface area contributed by atoms with E-state index in [-0.39, 0.29) is 49.1 Å². The van der Waals surface area contributed by atoms with Crippen molar-refractivity contribution in [3.8, 4) is 0 Å². The molecule has 2 aromatic carbocycles. The van der Waals surface area contributed by atoms with Crippen molar-refractivity contribution in [3.63, 3.8) is 0 Å². The minimum Gasteiger partial charge on any atom is -0.405 e. The summed E-state index contributed by atoms with van der Waals surface area (Å²) in [5.41, 5.74) is 5.78. The largest absolute Gasteiger partial charge is 0.417 e. The summed E-state index contributed by atoms with van der Waals surface area (Å²) in [4.78, 5) is 26.8. The van der Waals surface area contributed by atoms with Gasteiger partial charge < -0.3 is 25.4 Å². The van der Waals surface area contributed by atoms with Crippen LogP contribution in [0.2, 0.25) is 0 Å². The zero-order valence-electron chi connectivity index (χ0n) is 21.3. The fraction of sp³-hybridized carbons (Fsp3) is 0.222. The molecule has 10 nitrogen and oxygen atoms in total. The highest BCUT2D eigenvalue weighted by Gasteiger charge is 2.34. The maximum absolute atomic E-state index is 14.7. The first-order valence-corrected chi connectivity index (χ1v) is 12.3. The number of carbonyl (C=O) groups is 1. The lowest BCUT2D eigenvalue weighted by Gasteiger charge is -2.30. The zero-order chi connectivity index (χ0) is 29.1. The Hall–Kier alpha value is -4.85. The number of para-hydroxylation sites is 1. The maximum atomic E-state index is 14.7. The molecule has 1 aromatic heterocycles. The summed E-state index contributed by atoms with van der Waals surface area (Å²) >= 11 is 0. The van der Waals surface area contributed by atoms with E-state index >= 15 is 0 Å². The molecule has 0 radical (unpaired) electrons. The molecule has 1 fully saturated rings. The Labute approximate surface area is 231 Å². The van der Waals surface area contributed by atoms with Gasteiger partial charge in [-0.3, -0.25) is 10.2 Å². The van der Waals surface area contributed by atoms with E-state index < -0.39 is 41.5 Å². The topological polar surface area (TPSA) is 138 Å². The van der Waals surface area contributed by atoms with Gasteiger partial charge in [0.15, 0.2) is 0 Å². The van der Waals surface area contributed by atoms with Crippen molar-refractivity contribution in [2.24, 2.45) is 15.7 Å². The van der Waals surface area contributed by atoms with E-state index in [2.05, 4.69) is 20.3 Å². The third-order valence-electron chi connectivity index (χ3n) is 6.27. The summed E-state index contributed by atoms with van der Waals surface area (Å²) < 4.78 is 65.5. The second-order valence-corrected chi connectivity index (χ2v) is 8.96. The number of nitrogens with zero attached hydrogens (tertiary/aromatic N) is 4. The molecule has 14 heteroatoms. The predicted molar refractivity (Wildman–Crippen MR) is 143 cm³/mol. The van der Waals surface area contributed by atoms with Gasteiger partial charge in [0.1, 0.15) is 11.5 Å². The standard InChI is InChI=1S/C27H23F4N7O3/c28-18-8-4-7-17-20(15-5-2-1-3-6-15)35-24(25(39)36-21(17)18)37-26(33)41-23(32)22-19(38-9-11-40-12-10-38)13-16(14-34-22)27(29,30)31/h1-8,13-14,24,32H,9-12H2,(H2,33,37)(H,36,39). The van der Waals surface area contributed by atoms with Gasteiger partial charge in [0.2, 0.25) is 12.1 Å². The lowest BCUT2D eigenvalue weighted by Crippen LogP contribution is -2.38. The van der Waals surface area contributed by atoms with E-state index in [4.69, 9.17) is 20.6 Å². The van der Waals surface area contributed by atoms with E-state index in [9.17, 15) is 22.4 Å². The van der Waals surface area contributed by atoms with Gasteiger partial charge in [0.05, 0.1) is 35.9 Å². The summed E-state index contributed by atoms with van der Waals surface area (Å²) in [6, 6.07) is 13.2. The Balaban J connectivity index is 1.47. The van der Waals surface area contributed by atoms with Crippen LogP contribution in [0.15, 0.2) is 70.8 Å². The monoisotopic (exact) mass is 569 g/mol. The van der Waals surface area contributed by atoms with Gasteiger partial charge in [0, 0.05) is 30.4 Å². The van der Waals surface area contributed by atoms with Crippen LogP contribution in [-0.2, 0) is 20.4 Å². The molecule has 2 aliphatic heterocycles. The molecule has 4 N–H and O–H groups in total. The third-order valence-corrected chi connectivity index (χ3v) is 6.27. The molecule has 3 heterocycles. The molecular weight excluding hydrogens is 546 g/mol. The molecule has 0 saturated carbocycles. The second-order valence-electron chi connectivity index (χ2n) is 8.96. The number of pyridine rings is 1. The summed E-state index contributed by atoms with van der Waals surface area (Å²) in [5.74, 6) is -2.20. The Bertz CT molecular complexity index is 1540. The van der Waals surface area contributed by atoms with E-state index in [1.807, 2.05) is 0 Å². The smallest absolute Gasteiger partial charge is 0.405 e. The van der Waals surface area contributed by atoms with E-state index in [0.717, 1.165) is 6.07 Å². The minimum absolute atomic E-state index is 0.00319. The van der Waals surface area contributed by atoms with Crippen LogP contribution in [0.3, 0.4) is 0 Å². The second kappa shape index (κ2) is 11.3. The number of aromatic nitrogens is 1. The average Bonchev–Trinajstić information content (AvgIpc) is 3.10. The molecule has 0 spiro atoms. The number of benzene rings is 2. The van der Waals surface area contributed by atoms with Crippen molar-refractivity contribution in [1.82, 2.24) is 4.98 Å². The van der Waals surface area contributed by atoms with Crippen LogP contribution in [0.4, 0.5) is 28.9 Å². The van der Waals surface area contributed by atoms with E-state index in [1.54, 1.807) is 41.3 Å². The molecule has 3 aromatic rings. The molecule has 212 valence electrons. The highest BCUT2D eigenvalue weighted by atomic mass is 19.4. The number of hydrogen-bond acceptors (Lipinski definition) is 8. The van der Waals surface area contributed by atoms with E-state index in [0.29, 0.717) is 17.3 Å². The molecule has 41 heavy (non-hydrogen) atoms. The van der Waals surface area contributed by atoms with Gasteiger partial charge >= 0.3 is 6.18 Å². The third kappa shape index (κ3) is 6.01. The summed E-state index contributed by atoms with van der Waals surface area (Å²) in [5, 5.41) is 10.9. The molecule has 1 amide bonds. The average molecular weight is 570 g/mol. The first-order valence-electron chi connectivity index (χ1n) is 12.3. The molecular formula is C27H23F4N7O3. The zero-order valence-corrected chi connectivity index (χ0v) is 21.3. The van der Waals surface area contributed by atoms with Crippen LogP contribution >= 0.6 is 0 Å². The fourth-order valence-corrected chi connectivity index (χ4v) is 4.33.